The molecule has 0 unspecified atom stereocenters. The fraction of sp³-hybridized carbons (Fsp3) is 0.250. The molecule has 0 amide bonds. The minimum Gasteiger partial charge on any atom is -0.507 e. The molecule has 0 spiro atoms. The van der Waals surface area contributed by atoms with Crippen LogP contribution in [0.4, 0.5) is 0 Å². The number of aromatic hydroxyl groups is 1. The summed E-state index contributed by atoms with van der Waals surface area (Å²) in [6.07, 6.45) is 1.67. The average Bonchev–Trinajstić information content (AvgIpc) is 3.73. The van der Waals surface area contributed by atoms with Crippen molar-refractivity contribution in [2.75, 3.05) is 0 Å². The largest absolute Gasteiger partial charge is 0.507 e. The van der Waals surface area contributed by atoms with Crippen molar-refractivity contribution in [3.63, 3.8) is 0 Å². The van der Waals surface area contributed by atoms with E-state index in [-0.39, 0.29) is 46.3 Å². The van der Waals surface area contributed by atoms with Crippen molar-refractivity contribution in [1.29, 1.82) is 0 Å². The van der Waals surface area contributed by atoms with Crippen LogP contribution in [0.1, 0.15) is 117 Å². The van der Waals surface area contributed by atoms with Crippen LogP contribution in [0.2, 0.25) is 0 Å². The molecule has 0 saturated heterocycles. The standard InChI is InChI=1S/C64H65N3O/c1-40(2)51-38-53(44-22-17-14-18-23-44)58(39-52(51)43-20-15-13-16-21-43)67-57-25-19-24-50(59(57)66-61(67)54-36-49(63(7,8)9)37-55(60(54)68)64(10,11)12)46-32-47(34-48(33-46)62(4,5)6)56-35-45(30-31-65-56)42-28-26-41(3)27-29-42/h13-40,68H,1-12H3/i26D,27D,28D,29D,40D. The third kappa shape index (κ3) is 8.93. The van der Waals surface area contributed by atoms with Gasteiger partial charge in [-0.25, -0.2) is 4.98 Å². The number of phenols is 1. The maximum atomic E-state index is 12.8. The number of hydrogen-bond acceptors (Lipinski definition) is 3. The SMILES string of the molecule is [2H]c1c([2H])c(-c2ccnc(-c3cc(-c4cccc5c4nc(-c4cc(C(C)(C)C)cc(C(C)(C)C)c4O)n5-c4cc(-c5ccccc5)c(C([2H])(C)C)cc4-c4ccccc4)cc(C(C)(C)C)c3)c2)c([2H])c([2H])c1C. The molecule has 0 aliphatic carbocycles. The molecular weight excluding hydrogens is 827 g/mol. The lowest BCUT2D eigenvalue weighted by atomic mass is 9.79. The van der Waals surface area contributed by atoms with E-state index >= 15 is 0 Å². The summed E-state index contributed by atoms with van der Waals surface area (Å²) >= 11 is 0. The van der Waals surface area contributed by atoms with Crippen LogP contribution < -0.4 is 0 Å². The fourth-order valence-electron chi connectivity index (χ4n) is 9.09. The summed E-state index contributed by atoms with van der Waals surface area (Å²) in [6, 6.07) is 45.2. The first-order valence-electron chi connectivity index (χ1n) is 26.1. The highest BCUT2D eigenvalue weighted by Gasteiger charge is 2.30. The molecule has 0 bridgehead atoms. The van der Waals surface area contributed by atoms with Crippen molar-refractivity contribution in [1.82, 2.24) is 14.5 Å². The molecular formula is C64H65N3O. The molecule has 0 aliphatic heterocycles. The zero-order valence-corrected chi connectivity index (χ0v) is 41.6. The van der Waals surface area contributed by atoms with Gasteiger partial charge in [0.15, 0.2) is 0 Å². The number of nitrogens with zero attached hydrogens (tertiary/aromatic N) is 3. The first-order chi connectivity index (χ1) is 34.2. The Hall–Kier alpha value is -7.04. The van der Waals surface area contributed by atoms with Crippen LogP contribution in [-0.2, 0) is 16.2 Å². The van der Waals surface area contributed by atoms with E-state index in [2.05, 4.69) is 152 Å². The summed E-state index contributed by atoms with van der Waals surface area (Å²) in [5.74, 6) is -0.219. The number of pyridine rings is 1. The van der Waals surface area contributed by atoms with Gasteiger partial charge in [0.1, 0.15) is 11.6 Å². The third-order valence-corrected chi connectivity index (χ3v) is 13.0. The number of para-hydroxylation sites is 1. The molecule has 0 saturated carbocycles. The predicted molar refractivity (Wildman–Crippen MR) is 288 cm³/mol. The Morgan fingerprint density at radius 3 is 1.78 bits per heavy atom. The van der Waals surface area contributed by atoms with E-state index in [0.29, 0.717) is 28.2 Å². The van der Waals surface area contributed by atoms with Crippen LogP contribution in [0.15, 0.2) is 164 Å². The van der Waals surface area contributed by atoms with E-state index in [4.69, 9.17) is 15.5 Å². The monoisotopic (exact) mass is 897 g/mol. The van der Waals surface area contributed by atoms with Crippen molar-refractivity contribution < 1.29 is 12.0 Å². The Labute approximate surface area is 411 Å². The quantitative estimate of drug-likeness (QED) is 0.165. The van der Waals surface area contributed by atoms with E-state index in [9.17, 15) is 6.48 Å². The molecule has 0 aliphatic rings. The van der Waals surface area contributed by atoms with Gasteiger partial charge in [-0.2, -0.15) is 0 Å². The van der Waals surface area contributed by atoms with E-state index in [0.717, 1.165) is 77.9 Å². The topological polar surface area (TPSA) is 50.9 Å². The Morgan fingerprint density at radius 1 is 0.544 bits per heavy atom. The molecule has 2 heterocycles. The normalized spacial score (nSPS) is 13.5. The molecule has 7 aromatic carbocycles. The van der Waals surface area contributed by atoms with Gasteiger partial charge in [-0.1, -0.05) is 191 Å². The Kier molecular flexibility index (Phi) is 10.3. The van der Waals surface area contributed by atoms with Gasteiger partial charge >= 0.3 is 0 Å². The van der Waals surface area contributed by atoms with E-state index in [1.807, 2.05) is 56.3 Å². The number of imidazole rings is 1. The number of aromatic nitrogens is 3. The highest BCUT2D eigenvalue weighted by atomic mass is 16.3. The van der Waals surface area contributed by atoms with Crippen LogP contribution >= 0.6 is 0 Å². The summed E-state index contributed by atoms with van der Waals surface area (Å²) in [6.45, 7) is 25.0. The lowest BCUT2D eigenvalue weighted by molar-refractivity contribution is 0.446. The number of fused-ring (bicyclic) bond motifs is 1. The smallest absolute Gasteiger partial charge is 0.149 e. The molecule has 9 aromatic rings. The molecule has 4 heteroatoms. The van der Waals surface area contributed by atoms with Crippen LogP contribution in [0.3, 0.4) is 0 Å². The second kappa shape index (κ2) is 17.6. The summed E-state index contributed by atoms with van der Waals surface area (Å²) in [4.78, 5) is 10.6. The molecule has 342 valence electrons. The zero-order chi connectivity index (χ0) is 52.7. The second-order valence-electron chi connectivity index (χ2n) is 21.5. The molecule has 9 rings (SSSR count). The zero-order valence-electron chi connectivity index (χ0n) is 46.6. The molecule has 0 fully saturated rings. The summed E-state index contributed by atoms with van der Waals surface area (Å²) in [5.41, 5.74) is 14.0. The highest BCUT2D eigenvalue weighted by molar-refractivity contribution is 5.98. The fourth-order valence-corrected chi connectivity index (χ4v) is 9.09. The lowest BCUT2D eigenvalue weighted by Gasteiger charge is -2.28. The van der Waals surface area contributed by atoms with Crippen LogP contribution in [0, 0.1) is 6.92 Å². The van der Waals surface area contributed by atoms with Gasteiger partial charge < -0.3 is 5.11 Å². The molecule has 1 N–H and O–H groups in total. The van der Waals surface area contributed by atoms with Crippen LogP contribution in [0.25, 0.3) is 83.9 Å². The van der Waals surface area contributed by atoms with E-state index < -0.39 is 11.3 Å². The number of hydrogen-bond donors (Lipinski definition) is 1. The van der Waals surface area contributed by atoms with Crippen molar-refractivity contribution in [2.45, 2.75) is 105 Å². The Balaban J connectivity index is 1.40. The predicted octanol–water partition coefficient (Wildman–Crippen LogP) is 17.5. The van der Waals surface area contributed by atoms with Gasteiger partial charge in [-0.3, -0.25) is 9.55 Å². The number of benzene rings is 7. The van der Waals surface area contributed by atoms with Crippen molar-refractivity contribution in [2.24, 2.45) is 0 Å². The van der Waals surface area contributed by atoms with Crippen LogP contribution in [-0.4, -0.2) is 19.6 Å². The Morgan fingerprint density at radius 2 is 1.16 bits per heavy atom. The third-order valence-electron chi connectivity index (χ3n) is 13.0. The minimum atomic E-state index is -0.965. The molecule has 2 aromatic heterocycles. The van der Waals surface area contributed by atoms with Gasteiger partial charge in [0.05, 0.1) is 33.5 Å². The van der Waals surface area contributed by atoms with Crippen LogP contribution in [0.5, 0.6) is 5.75 Å². The van der Waals surface area contributed by atoms with E-state index in [1.165, 1.54) is 0 Å². The van der Waals surface area contributed by atoms with Gasteiger partial charge in [0.25, 0.3) is 0 Å². The first-order valence-corrected chi connectivity index (χ1v) is 23.6. The summed E-state index contributed by atoms with van der Waals surface area (Å²) in [7, 11) is 0. The minimum absolute atomic E-state index is 0.0605. The van der Waals surface area contributed by atoms with Gasteiger partial charge in [0.2, 0.25) is 0 Å². The second-order valence-corrected chi connectivity index (χ2v) is 21.5. The molecule has 68 heavy (non-hydrogen) atoms. The highest BCUT2D eigenvalue weighted by Crippen LogP contribution is 2.47. The van der Waals surface area contributed by atoms with Gasteiger partial charge in [-0.15, -0.1) is 0 Å². The molecule has 0 radical (unpaired) electrons. The maximum absolute atomic E-state index is 12.8. The van der Waals surface area contributed by atoms with Gasteiger partial charge in [-0.05, 0) is 128 Å². The van der Waals surface area contributed by atoms with Crippen molar-refractivity contribution >= 4 is 11.0 Å². The average molecular weight is 897 g/mol. The Bertz CT molecular complexity index is 3580. The number of phenolic OH excluding ortho intramolecular Hbond substituents is 1. The summed E-state index contributed by atoms with van der Waals surface area (Å²) in [5, 5.41) is 12.8. The molecule has 4 nitrogen and oxygen atoms in total. The maximum Gasteiger partial charge on any atom is 0.149 e. The van der Waals surface area contributed by atoms with Gasteiger partial charge in [0, 0.05) is 29.8 Å². The summed E-state index contributed by atoms with van der Waals surface area (Å²) < 4.78 is 46.7. The van der Waals surface area contributed by atoms with Crippen molar-refractivity contribution in [3.05, 3.63) is 192 Å². The van der Waals surface area contributed by atoms with Crippen molar-refractivity contribution in [3.8, 4) is 78.6 Å². The molecule has 0 atom stereocenters. The first kappa shape index (κ1) is 40.1. The number of rotatable bonds is 8. The lowest BCUT2D eigenvalue weighted by Crippen LogP contribution is -2.17. The van der Waals surface area contributed by atoms with E-state index in [1.54, 1.807) is 19.2 Å².